The molecule has 1 unspecified atom stereocenters. The van der Waals surface area contributed by atoms with E-state index in [-0.39, 0.29) is 5.91 Å². The average Bonchev–Trinajstić information content (AvgIpc) is 2.81. The maximum absolute atomic E-state index is 13.1. The maximum atomic E-state index is 13.1. The largest absolute Gasteiger partial charge is 0.390 e. The molecule has 0 radical (unpaired) electrons. The van der Waals surface area contributed by atoms with Crippen molar-refractivity contribution in [2.45, 2.75) is 32.4 Å². The van der Waals surface area contributed by atoms with E-state index in [9.17, 15) is 9.90 Å². The number of benzene rings is 2. The van der Waals surface area contributed by atoms with E-state index in [2.05, 4.69) is 58.4 Å². The number of carbonyl (C=O) groups excluding carboxylic acids is 1. The van der Waals surface area contributed by atoms with Crippen molar-refractivity contribution in [1.29, 1.82) is 0 Å². The molecule has 172 valence electrons. The van der Waals surface area contributed by atoms with Gasteiger partial charge in [0, 0.05) is 63.6 Å². The Hall–Kier alpha value is -2.41. The minimum Gasteiger partial charge on any atom is -0.390 e. The summed E-state index contributed by atoms with van der Waals surface area (Å²) in [5, 5.41) is 14.0. The van der Waals surface area contributed by atoms with Gasteiger partial charge in [0.1, 0.15) is 0 Å². The van der Waals surface area contributed by atoms with Crippen molar-refractivity contribution in [2.75, 3.05) is 57.8 Å². The van der Waals surface area contributed by atoms with E-state index in [1.54, 1.807) is 0 Å². The number of likely N-dealkylation sites (N-methyl/N-ethyl adjacent to an activating group) is 2. The minimum atomic E-state index is -0.540. The number of hydrogen-bond donors (Lipinski definition) is 2. The topological polar surface area (TPSA) is 59.0 Å². The number of β-amino-alcohol motifs (C(OH)–C–C–N with tert-alkyl or cyclic N) is 1. The molecule has 6 heteroatoms. The predicted octanol–water partition coefficient (Wildman–Crippen LogP) is 2.15. The molecule has 6 nitrogen and oxygen atoms in total. The van der Waals surface area contributed by atoms with E-state index < -0.39 is 6.10 Å². The van der Waals surface area contributed by atoms with Gasteiger partial charge in [-0.1, -0.05) is 24.3 Å². The van der Waals surface area contributed by atoms with Gasteiger partial charge in [-0.25, -0.2) is 0 Å². The highest BCUT2D eigenvalue weighted by Gasteiger charge is 2.27. The molecule has 2 aliphatic heterocycles. The fraction of sp³-hybridized carbons (Fsp3) is 0.500. The summed E-state index contributed by atoms with van der Waals surface area (Å²) >= 11 is 0. The van der Waals surface area contributed by atoms with Crippen molar-refractivity contribution in [3.05, 3.63) is 64.7 Å². The third-order valence-corrected chi connectivity index (χ3v) is 6.75. The van der Waals surface area contributed by atoms with Gasteiger partial charge < -0.3 is 20.2 Å². The molecule has 2 aliphatic rings. The number of carbonyl (C=O) groups is 1. The Kier molecular flexibility index (Phi) is 7.45. The lowest BCUT2D eigenvalue weighted by molar-refractivity contribution is 0.0493. The molecule has 1 atom stereocenters. The molecular weight excluding hydrogens is 400 g/mol. The van der Waals surface area contributed by atoms with E-state index in [0.29, 0.717) is 19.6 Å². The Morgan fingerprint density at radius 3 is 2.62 bits per heavy atom. The molecule has 0 saturated carbocycles. The summed E-state index contributed by atoms with van der Waals surface area (Å²) in [6.45, 7) is 8.44. The second kappa shape index (κ2) is 10.5. The summed E-state index contributed by atoms with van der Waals surface area (Å²) in [6.07, 6.45) is 1.31. The van der Waals surface area contributed by atoms with Crippen molar-refractivity contribution in [2.24, 2.45) is 0 Å². The lowest BCUT2D eigenvalue weighted by atomic mass is 9.97. The smallest absolute Gasteiger partial charge is 0.254 e. The Balaban J connectivity index is 1.35. The monoisotopic (exact) mass is 436 g/mol. The van der Waals surface area contributed by atoms with Gasteiger partial charge in [0.25, 0.3) is 5.91 Å². The molecule has 2 heterocycles. The number of nitrogens with one attached hydrogen (secondary N) is 1. The second-order valence-corrected chi connectivity index (χ2v) is 8.93. The quantitative estimate of drug-likeness (QED) is 0.631. The zero-order valence-corrected chi connectivity index (χ0v) is 19.4. The minimum absolute atomic E-state index is 0.0408. The lowest BCUT2D eigenvalue weighted by Crippen LogP contribution is -2.46. The third-order valence-electron chi connectivity index (χ3n) is 6.75. The maximum Gasteiger partial charge on any atom is 0.254 e. The van der Waals surface area contributed by atoms with Crippen LogP contribution in [-0.4, -0.2) is 79.8 Å². The van der Waals surface area contributed by atoms with E-state index >= 15 is 0 Å². The molecule has 2 N–H and O–H groups in total. The van der Waals surface area contributed by atoms with Crippen molar-refractivity contribution in [3.63, 3.8) is 0 Å². The van der Waals surface area contributed by atoms with Crippen LogP contribution in [0.2, 0.25) is 0 Å². The first-order chi connectivity index (χ1) is 15.6. The Morgan fingerprint density at radius 1 is 1.06 bits per heavy atom. The summed E-state index contributed by atoms with van der Waals surface area (Å²) in [5.74, 6) is 0.0408. The summed E-state index contributed by atoms with van der Waals surface area (Å²) < 4.78 is 0. The first-order valence-electron chi connectivity index (χ1n) is 11.9. The summed E-state index contributed by atoms with van der Waals surface area (Å²) in [6, 6.07) is 14.7. The predicted molar refractivity (Wildman–Crippen MR) is 129 cm³/mol. The number of amides is 1. The first-order valence-corrected chi connectivity index (χ1v) is 11.9. The van der Waals surface area contributed by atoms with Gasteiger partial charge in [0.2, 0.25) is 0 Å². The van der Waals surface area contributed by atoms with E-state index in [1.807, 2.05) is 18.0 Å². The molecule has 0 aromatic heterocycles. The Labute approximate surface area is 191 Å². The summed E-state index contributed by atoms with van der Waals surface area (Å²) in [4.78, 5) is 19.6. The zero-order chi connectivity index (χ0) is 22.5. The van der Waals surface area contributed by atoms with Crippen LogP contribution in [0.3, 0.4) is 0 Å². The molecule has 1 amide bonds. The van der Waals surface area contributed by atoms with E-state index in [1.165, 1.54) is 16.8 Å². The van der Waals surface area contributed by atoms with Crippen LogP contribution in [0.15, 0.2) is 42.5 Å². The SMILES string of the molecule is CCN(CCNC)c1ccc2c(c1)CCN(CC(O)CN1CCc3ccccc3C1)C2=O. The number of fused-ring (bicyclic) bond motifs is 2. The molecule has 0 bridgehead atoms. The fourth-order valence-corrected chi connectivity index (χ4v) is 4.93. The van der Waals surface area contributed by atoms with Crippen LogP contribution < -0.4 is 10.2 Å². The fourth-order valence-electron chi connectivity index (χ4n) is 4.93. The lowest BCUT2D eigenvalue weighted by Gasteiger charge is -2.34. The Morgan fingerprint density at radius 2 is 1.84 bits per heavy atom. The molecule has 0 saturated heterocycles. The highest BCUT2D eigenvalue weighted by Crippen LogP contribution is 2.25. The summed E-state index contributed by atoms with van der Waals surface area (Å²) in [5.41, 5.74) is 5.83. The molecule has 2 aromatic rings. The highest BCUT2D eigenvalue weighted by molar-refractivity contribution is 5.97. The van der Waals surface area contributed by atoms with E-state index in [4.69, 9.17) is 0 Å². The third kappa shape index (κ3) is 5.14. The number of aliphatic hydroxyl groups is 1. The number of rotatable bonds is 9. The van der Waals surface area contributed by atoms with Crippen LogP contribution in [-0.2, 0) is 19.4 Å². The number of hydrogen-bond acceptors (Lipinski definition) is 5. The number of anilines is 1. The number of aliphatic hydroxyl groups excluding tert-OH is 1. The van der Waals surface area contributed by atoms with Crippen molar-refractivity contribution in [1.82, 2.24) is 15.1 Å². The zero-order valence-electron chi connectivity index (χ0n) is 19.4. The first kappa shape index (κ1) is 22.8. The van der Waals surface area contributed by atoms with Crippen LogP contribution in [0.25, 0.3) is 0 Å². The van der Waals surface area contributed by atoms with Crippen LogP contribution in [0.5, 0.6) is 0 Å². The molecule has 0 aliphatic carbocycles. The normalized spacial score (nSPS) is 17.1. The van der Waals surface area contributed by atoms with Crippen LogP contribution in [0.1, 0.15) is 34.0 Å². The van der Waals surface area contributed by atoms with Gasteiger partial charge in [0.05, 0.1) is 6.10 Å². The van der Waals surface area contributed by atoms with Gasteiger partial charge in [-0.15, -0.1) is 0 Å². The molecule has 0 spiro atoms. The molecule has 2 aromatic carbocycles. The van der Waals surface area contributed by atoms with Gasteiger partial charge in [0.15, 0.2) is 0 Å². The second-order valence-electron chi connectivity index (χ2n) is 8.93. The summed E-state index contributed by atoms with van der Waals surface area (Å²) in [7, 11) is 1.96. The molecule has 0 fully saturated rings. The van der Waals surface area contributed by atoms with E-state index in [0.717, 1.165) is 56.7 Å². The molecule has 4 rings (SSSR count). The van der Waals surface area contributed by atoms with Crippen molar-refractivity contribution in [3.8, 4) is 0 Å². The molecule has 32 heavy (non-hydrogen) atoms. The average molecular weight is 437 g/mol. The van der Waals surface area contributed by atoms with Gasteiger partial charge in [-0.3, -0.25) is 9.69 Å². The van der Waals surface area contributed by atoms with Crippen LogP contribution >= 0.6 is 0 Å². The van der Waals surface area contributed by atoms with Gasteiger partial charge in [-0.05, 0) is 61.7 Å². The molecular formula is C26H36N4O2. The van der Waals surface area contributed by atoms with Gasteiger partial charge in [-0.2, -0.15) is 0 Å². The van der Waals surface area contributed by atoms with Crippen molar-refractivity contribution >= 4 is 11.6 Å². The highest BCUT2D eigenvalue weighted by atomic mass is 16.3. The van der Waals surface area contributed by atoms with Gasteiger partial charge >= 0.3 is 0 Å². The Bertz CT molecular complexity index is 932. The van der Waals surface area contributed by atoms with Crippen LogP contribution in [0, 0.1) is 0 Å². The van der Waals surface area contributed by atoms with Crippen LogP contribution in [0.4, 0.5) is 5.69 Å². The number of nitrogens with zero attached hydrogens (tertiary/aromatic N) is 3. The van der Waals surface area contributed by atoms with Crippen molar-refractivity contribution < 1.29 is 9.90 Å². The standard InChI is InChI=1S/C26H36N4O2/c1-3-29(15-12-27-2)23-8-9-25-21(16-23)11-14-30(26(25)32)19-24(31)18-28-13-10-20-6-4-5-7-22(20)17-28/h4-9,16,24,27,31H,3,10-15,17-19H2,1-2H3.